The first-order valence-electron chi connectivity index (χ1n) is 7.60. The quantitative estimate of drug-likeness (QED) is 0.906. The molecule has 1 aliphatic heterocycles. The summed E-state index contributed by atoms with van der Waals surface area (Å²) < 4.78 is 1.99. The minimum atomic E-state index is 0.206. The van der Waals surface area contributed by atoms with Crippen LogP contribution >= 0.6 is 0 Å². The molecular weight excluding hydrogens is 266 g/mol. The van der Waals surface area contributed by atoms with Gasteiger partial charge < -0.3 is 10.6 Å². The van der Waals surface area contributed by atoms with Crippen LogP contribution < -0.4 is 10.6 Å². The average molecular weight is 285 g/mol. The van der Waals surface area contributed by atoms with Crippen LogP contribution in [-0.4, -0.2) is 30.8 Å². The minimum absolute atomic E-state index is 0.206. The Morgan fingerprint density at radius 2 is 2.14 bits per heavy atom. The number of hydrogen-bond acceptors (Lipinski definition) is 6. The molecule has 1 saturated carbocycles. The Balaban J connectivity index is 1.91. The van der Waals surface area contributed by atoms with Gasteiger partial charge in [0, 0.05) is 6.04 Å². The second-order valence-electron chi connectivity index (χ2n) is 5.77. The lowest BCUT2D eigenvalue weighted by Gasteiger charge is -2.40. The van der Waals surface area contributed by atoms with E-state index in [1.54, 1.807) is 12.5 Å². The summed E-state index contributed by atoms with van der Waals surface area (Å²) in [5, 5.41) is 8.42. The molecule has 0 unspecified atom stereocenters. The number of nitrogens with two attached hydrogens (primary N) is 1. The second-order valence-corrected chi connectivity index (χ2v) is 5.77. The van der Waals surface area contributed by atoms with Crippen molar-refractivity contribution in [1.29, 1.82) is 0 Å². The maximum atomic E-state index is 5.84. The molecule has 0 aromatic carbocycles. The molecule has 7 nitrogen and oxygen atoms in total. The van der Waals surface area contributed by atoms with Crippen molar-refractivity contribution in [2.45, 2.75) is 51.1 Å². The van der Waals surface area contributed by atoms with Gasteiger partial charge in [0.05, 0.1) is 12.2 Å². The molecule has 110 valence electrons. The summed E-state index contributed by atoms with van der Waals surface area (Å²) in [5.74, 6) is 2.22. The minimum Gasteiger partial charge on any atom is -0.368 e. The number of aromatic nitrogens is 5. The number of fused-ring (bicyclic) bond motifs is 3. The normalized spacial score (nSPS) is 21.4. The summed E-state index contributed by atoms with van der Waals surface area (Å²) in [7, 11) is 0. The Labute approximate surface area is 123 Å². The molecule has 3 heterocycles. The van der Waals surface area contributed by atoms with E-state index in [2.05, 4.69) is 32.0 Å². The molecule has 0 saturated heterocycles. The molecule has 1 atom stereocenters. The van der Waals surface area contributed by atoms with E-state index in [1.807, 2.05) is 4.57 Å². The summed E-state index contributed by atoms with van der Waals surface area (Å²) in [6, 6.07) is 0.714. The molecular formula is C14H19N7. The third-order valence-electron chi connectivity index (χ3n) is 4.59. The van der Waals surface area contributed by atoms with Crippen molar-refractivity contribution in [3.8, 4) is 5.69 Å². The molecule has 1 fully saturated rings. The first-order valence-corrected chi connectivity index (χ1v) is 7.60. The van der Waals surface area contributed by atoms with Gasteiger partial charge in [-0.25, -0.2) is 4.98 Å². The first kappa shape index (κ1) is 12.6. The van der Waals surface area contributed by atoms with Crippen molar-refractivity contribution in [3.05, 3.63) is 18.3 Å². The lowest BCUT2D eigenvalue weighted by molar-refractivity contribution is 0.469. The molecule has 0 bridgehead atoms. The van der Waals surface area contributed by atoms with Gasteiger partial charge in [-0.05, 0) is 19.3 Å². The molecule has 4 rings (SSSR count). The van der Waals surface area contributed by atoms with Crippen LogP contribution in [-0.2, 0) is 0 Å². The highest BCUT2D eigenvalue weighted by molar-refractivity contribution is 5.63. The van der Waals surface area contributed by atoms with E-state index in [9.17, 15) is 0 Å². The smallest absolute Gasteiger partial charge is 0.222 e. The molecule has 21 heavy (non-hydrogen) atoms. The predicted molar refractivity (Wildman–Crippen MR) is 79.1 cm³/mol. The zero-order valence-electron chi connectivity index (χ0n) is 12.1. The second kappa shape index (κ2) is 4.68. The number of hydrogen-bond donors (Lipinski definition) is 1. The summed E-state index contributed by atoms with van der Waals surface area (Å²) in [5.41, 5.74) is 6.77. The molecule has 0 spiro atoms. The van der Waals surface area contributed by atoms with Gasteiger partial charge >= 0.3 is 0 Å². The molecule has 0 radical (unpaired) electrons. The van der Waals surface area contributed by atoms with Crippen molar-refractivity contribution in [1.82, 2.24) is 24.7 Å². The first-order chi connectivity index (χ1) is 10.3. The maximum absolute atomic E-state index is 5.84. The SMILES string of the molecule is CC[C@@H]1c2nncn2-c2cnc(N)nc2N1C1CCCC1. The van der Waals surface area contributed by atoms with Gasteiger partial charge in [0.25, 0.3) is 0 Å². The van der Waals surface area contributed by atoms with Gasteiger partial charge in [0.15, 0.2) is 11.6 Å². The van der Waals surface area contributed by atoms with Crippen molar-refractivity contribution in [2.24, 2.45) is 0 Å². The third-order valence-corrected chi connectivity index (χ3v) is 4.59. The number of nitrogen functional groups attached to an aromatic ring is 1. The molecule has 2 aromatic heterocycles. The Morgan fingerprint density at radius 1 is 1.33 bits per heavy atom. The maximum Gasteiger partial charge on any atom is 0.222 e. The van der Waals surface area contributed by atoms with E-state index >= 15 is 0 Å². The summed E-state index contributed by atoms with van der Waals surface area (Å²) in [6.07, 6.45) is 9.45. The van der Waals surface area contributed by atoms with E-state index in [0.29, 0.717) is 12.0 Å². The van der Waals surface area contributed by atoms with Crippen LogP contribution in [0.4, 0.5) is 11.8 Å². The van der Waals surface area contributed by atoms with E-state index in [1.165, 1.54) is 25.7 Å². The van der Waals surface area contributed by atoms with Gasteiger partial charge in [-0.1, -0.05) is 19.8 Å². The average Bonchev–Trinajstić information content (AvgIpc) is 3.16. The Bertz CT molecular complexity index is 659. The summed E-state index contributed by atoms with van der Waals surface area (Å²) in [6.45, 7) is 2.18. The Morgan fingerprint density at radius 3 is 2.90 bits per heavy atom. The van der Waals surface area contributed by atoms with Crippen molar-refractivity contribution in [3.63, 3.8) is 0 Å². The van der Waals surface area contributed by atoms with Crippen LogP contribution in [0.1, 0.15) is 50.9 Å². The molecule has 0 amide bonds. The monoisotopic (exact) mass is 285 g/mol. The summed E-state index contributed by atoms with van der Waals surface area (Å²) >= 11 is 0. The van der Waals surface area contributed by atoms with E-state index in [0.717, 1.165) is 23.8 Å². The van der Waals surface area contributed by atoms with Crippen LogP contribution in [0, 0.1) is 0 Å². The molecule has 1 aliphatic carbocycles. The highest BCUT2D eigenvalue weighted by Gasteiger charge is 2.38. The topological polar surface area (TPSA) is 85.8 Å². The van der Waals surface area contributed by atoms with Crippen LogP contribution in [0.2, 0.25) is 0 Å². The molecule has 2 N–H and O–H groups in total. The van der Waals surface area contributed by atoms with Crippen molar-refractivity contribution in [2.75, 3.05) is 10.6 Å². The summed E-state index contributed by atoms with van der Waals surface area (Å²) in [4.78, 5) is 11.1. The number of rotatable bonds is 2. The zero-order chi connectivity index (χ0) is 14.4. The predicted octanol–water partition coefficient (Wildman–Crippen LogP) is 1.85. The lowest BCUT2D eigenvalue weighted by atomic mass is 10.0. The highest BCUT2D eigenvalue weighted by atomic mass is 15.4. The van der Waals surface area contributed by atoms with Crippen LogP contribution in [0.3, 0.4) is 0 Å². The molecule has 2 aliphatic rings. The zero-order valence-corrected chi connectivity index (χ0v) is 12.1. The fourth-order valence-electron chi connectivity index (χ4n) is 3.66. The largest absolute Gasteiger partial charge is 0.368 e. The van der Waals surface area contributed by atoms with Crippen LogP contribution in [0.25, 0.3) is 5.69 Å². The molecule has 7 heteroatoms. The van der Waals surface area contributed by atoms with Gasteiger partial charge in [0.1, 0.15) is 12.0 Å². The van der Waals surface area contributed by atoms with E-state index in [-0.39, 0.29) is 6.04 Å². The van der Waals surface area contributed by atoms with Crippen LogP contribution in [0.15, 0.2) is 12.5 Å². The van der Waals surface area contributed by atoms with E-state index < -0.39 is 0 Å². The fraction of sp³-hybridized carbons (Fsp3) is 0.571. The lowest BCUT2D eigenvalue weighted by Crippen LogP contribution is -2.42. The Kier molecular flexibility index (Phi) is 2.80. The van der Waals surface area contributed by atoms with Gasteiger partial charge in [0.2, 0.25) is 5.95 Å². The van der Waals surface area contributed by atoms with Gasteiger partial charge in [-0.15, -0.1) is 10.2 Å². The van der Waals surface area contributed by atoms with Crippen molar-refractivity contribution < 1.29 is 0 Å². The van der Waals surface area contributed by atoms with Gasteiger partial charge in [-0.2, -0.15) is 4.98 Å². The number of nitrogens with zero attached hydrogens (tertiary/aromatic N) is 6. The van der Waals surface area contributed by atoms with Crippen molar-refractivity contribution >= 4 is 11.8 Å². The molecule has 2 aromatic rings. The van der Waals surface area contributed by atoms with Gasteiger partial charge in [-0.3, -0.25) is 4.57 Å². The highest BCUT2D eigenvalue weighted by Crippen LogP contribution is 2.42. The Hall–Kier alpha value is -2.18. The van der Waals surface area contributed by atoms with E-state index in [4.69, 9.17) is 5.73 Å². The fourth-order valence-corrected chi connectivity index (χ4v) is 3.66. The van der Waals surface area contributed by atoms with Crippen LogP contribution in [0.5, 0.6) is 0 Å². The number of anilines is 2. The standard InChI is InChI=1S/C14H19N7/c1-2-10-13-19-17-8-20(13)11-7-16-14(15)18-12(11)21(10)9-5-3-4-6-9/h7-10H,2-6H2,1H3,(H2,15,16,18)/t10-/m1/s1. The third kappa shape index (κ3) is 1.80.